The molecule has 0 saturated carbocycles. The van der Waals surface area contributed by atoms with Crippen molar-refractivity contribution in [2.75, 3.05) is 24.7 Å². The summed E-state index contributed by atoms with van der Waals surface area (Å²) in [5, 5.41) is 22.1. The number of imidazole rings is 2. The number of rotatable bonds is 12. The van der Waals surface area contributed by atoms with Crippen LogP contribution in [0, 0.1) is 0 Å². The zero-order chi connectivity index (χ0) is 34.5. The summed E-state index contributed by atoms with van der Waals surface area (Å²) in [6.07, 6.45) is -9.39. The van der Waals surface area contributed by atoms with Crippen LogP contribution in [0.25, 0.3) is 22.3 Å². The van der Waals surface area contributed by atoms with Crippen molar-refractivity contribution in [3.63, 3.8) is 0 Å². The molecule has 48 heavy (non-hydrogen) atoms. The third kappa shape index (κ3) is 6.70. The number of fused-ring (bicyclic) bond motifs is 2. The molecule has 3 unspecified atom stereocenters. The maximum Gasteiger partial charge on any atom is 0.695 e. The van der Waals surface area contributed by atoms with Gasteiger partial charge in [0, 0.05) is 9.13 Å². The highest BCUT2D eigenvalue weighted by Gasteiger charge is 2.53. The molecule has 4 aromatic rings. The van der Waals surface area contributed by atoms with Crippen molar-refractivity contribution in [1.82, 2.24) is 39.0 Å². The second-order valence-corrected chi connectivity index (χ2v) is 13.0. The molecule has 0 amide bonds. The van der Waals surface area contributed by atoms with Crippen LogP contribution in [0.1, 0.15) is 12.5 Å². The second kappa shape index (κ2) is 13.4. The SMILES string of the molecule is Nc1nc2c(ncn2[C@@H]2O[C@H](COP(=O)(O)O[C@H]3[C@@H](O)[C@H](n4cnc5c(N)ncnc54)O[C@@H]3CO[P+](=O)O)[C@@H](O[P+](=O)O)[C@H]2O)c(=O)[nH]1. The molecule has 2 saturated heterocycles. The number of H-pyrrole nitrogens is 1. The molecule has 0 radical (unpaired) electrons. The van der Waals surface area contributed by atoms with Gasteiger partial charge in [-0.3, -0.25) is 28.0 Å². The Kier molecular flexibility index (Phi) is 9.61. The predicted molar refractivity (Wildman–Crippen MR) is 153 cm³/mol. The Morgan fingerprint density at radius 3 is 2.21 bits per heavy atom. The van der Waals surface area contributed by atoms with Crippen molar-refractivity contribution in [2.45, 2.75) is 49.1 Å². The molecule has 25 nitrogen and oxygen atoms in total. The normalized spacial score (nSPS) is 29.4. The van der Waals surface area contributed by atoms with Crippen molar-refractivity contribution in [3.8, 4) is 0 Å². The molecule has 4 aromatic heterocycles. The van der Waals surface area contributed by atoms with E-state index < -0.39 is 92.2 Å². The molecule has 2 aliphatic rings. The fourth-order valence-electron chi connectivity index (χ4n) is 5.21. The smallest absolute Gasteiger partial charge is 0.386 e. The molecule has 258 valence electrons. The van der Waals surface area contributed by atoms with E-state index in [9.17, 15) is 38.5 Å². The maximum atomic E-state index is 13.2. The van der Waals surface area contributed by atoms with Crippen LogP contribution in [0.3, 0.4) is 0 Å². The van der Waals surface area contributed by atoms with Gasteiger partial charge in [0.05, 0.1) is 19.3 Å². The van der Waals surface area contributed by atoms with Gasteiger partial charge in [0.15, 0.2) is 41.2 Å². The molecule has 6 rings (SSSR count). The molecule has 0 spiro atoms. The fraction of sp³-hybridized carbons (Fsp3) is 0.500. The minimum absolute atomic E-state index is 0.00856. The molecule has 0 bridgehead atoms. The first-order valence-corrected chi connectivity index (χ1v) is 17.1. The summed E-state index contributed by atoms with van der Waals surface area (Å²) in [7, 11) is -11.7. The molecule has 2 fully saturated rings. The zero-order valence-electron chi connectivity index (χ0n) is 23.7. The highest BCUT2D eigenvalue weighted by Crippen LogP contribution is 2.50. The summed E-state index contributed by atoms with van der Waals surface area (Å²) >= 11 is 0. The van der Waals surface area contributed by atoms with E-state index in [1.807, 2.05) is 0 Å². The maximum absolute atomic E-state index is 13.2. The summed E-state index contributed by atoms with van der Waals surface area (Å²) in [5.41, 5.74) is 10.7. The van der Waals surface area contributed by atoms with Gasteiger partial charge in [-0.1, -0.05) is 0 Å². The highest BCUT2D eigenvalue weighted by atomic mass is 31.2. The minimum Gasteiger partial charge on any atom is -0.386 e. The lowest BCUT2D eigenvalue weighted by Gasteiger charge is -2.23. The van der Waals surface area contributed by atoms with E-state index in [4.69, 9.17) is 43.9 Å². The molecule has 2 aliphatic heterocycles. The van der Waals surface area contributed by atoms with E-state index >= 15 is 0 Å². The van der Waals surface area contributed by atoms with Crippen LogP contribution in [-0.4, -0.2) is 114 Å². The van der Waals surface area contributed by atoms with E-state index in [1.165, 1.54) is 10.9 Å². The largest absolute Gasteiger partial charge is 0.695 e. The number of nitrogen functional groups attached to an aromatic ring is 2. The monoisotopic (exact) mass is 738 g/mol. The topological polar surface area (TPSA) is 367 Å². The van der Waals surface area contributed by atoms with Gasteiger partial charge in [-0.25, -0.2) is 24.5 Å². The van der Waals surface area contributed by atoms with Crippen LogP contribution in [-0.2, 0) is 41.3 Å². The number of aromatic amines is 1. The van der Waals surface area contributed by atoms with Gasteiger partial charge in [-0.2, -0.15) is 4.98 Å². The number of hydrogen-bond donors (Lipinski definition) is 8. The van der Waals surface area contributed by atoms with E-state index in [0.717, 1.165) is 17.2 Å². The van der Waals surface area contributed by atoms with Crippen LogP contribution in [0.5, 0.6) is 0 Å². The van der Waals surface area contributed by atoms with Gasteiger partial charge >= 0.3 is 24.3 Å². The number of phosphoric acid groups is 1. The van der Waals surface area contributed by atoms with E-state index in [1.54, 1.807) is 0 Å². The van der Waals surface area contributed by atoms with Crippen LogP contribution in [0.15, 0.2) is 23.8 Å². The van der Waals surface area contributed by atoms with Crippen LogP contribution >= 0.6 is 24.3 Å². The average molecular weight is 738 g/mol. The van der Waals surface area contributed by atoms with Crippen molar-refractivity contribution in [3.05, 3.63) is 29.3 Å². The van der Waals surface area contributed by atoms with Gasteiger partial charge in [0.25, 0.3) is 5.56 Å². The third-order valence-electron chi connectivity index (χ3n) is 7.22. The quantitative estimate of drug-likeness (QED) is 0.0718. The standard InChI is InChI=1S/C20H23N10O15P3/c21-14-8-15(24-3-23-14)29(4-25-8)19-11(32)13(6(42-19)1-40-46(34)35)45-48(38,39)41-2-7-12(44-47(36)37)10(31)18(43-7)30-5-26-9-16(30)27-20(22)28-17(9)33/h3-7,10-13,18-19,31-32H,1-2H2,(H6-2,21,22,23,24,27,28,33,34,35,36,37,38,39)/p+2/t6-,7-,10-,11-,12-,13-,18-,19-/m1/s1. The molecule has 0 aliphatic carbocycles. The molecule has 11 atom stereocenters. The Hall–Kier alpha value is -3.51. The lowest BCUT2D eigenvalue weighted by molar-refractivity contribution is -0.0566. The van der Waals surface area contributed by atoms with Gasteiger partial charge < -0.3 is 36.0 Å². The van der Waals surface area contributed by atoms with Crippen molar-refractivity contribution in [2.24, 2.45) is 0 Å². The molecule has 6 heterocycles. The Balaban J connectivity index is 1.21. The van der Waals surface area contributed by atoms with Crippen LogP contribution in [0.4, 0.5) is 11.8 Å². The lowest BCUT2D eigenvalue weighted by atomic mass is 10.1. The molecule has 28 heteroatoms. The Morgan fingerprint density at radius 1 is 0.917 bits per heavy atom. The zero-order valence-corrected chi connectivity index (χ0v) is 26.4. The number of phosphoric ester groups is 1. The Bertz CT molecular complexity index is 1980. The fourth-order valence-corrected chi connectivity index (χ4v) is 6.91. The first-order valence-electron chi connectivity index (χ1n) is 13.3. The number of hydrogen-bond acceptors (Lipinski definition) is 19. The molecular formula is C20H25N10O15P3+2. The highest BCUT2D eigenvalue weighted by molar-refractivity contribution is 7.47. The van der Waals surface area contributed by atoms with Crippen LogP contribution < -0.4 is 17.0 Å². The van der Waals surface area contributed by atoms with Crippen molar-refractivity contribution < 1.29 is 66.2 Å². The van der Waals surface area contributed by atoms with E-state index in [0.29, 0.717) is 0 Å². The first-order chi connectivity index (χ1) is 22.7. The van der Waals surface area contributed by atoms with Crippen LogP contribution in [0.2, 0.25) is 0 Å². The summed E-state index contributed by atoms with van der Waals surface area (Å²) in [4.78, 5) is 63.5. The summed E-state index contributed by atoms with van der Waals surface area (Å²) < 4.78 is 69.6. The van der Waals surface area contributed by atoms with Crippen molar-refractivity contribution in [1.29, 1.82) is 0 Å². The summed E-state index contributed by atoms with van der Waals surface area (Å²) in [5.74, 6) is -0.283. The average Bonchev–Trinajstić information content (AvgIpc) is 3.77. The number of aliphatic hydroxyl groups is 2. The molecule has 0 aromatic carbocycles. The predicted octanol–water partition coefficient (Wildman–Crippen LogP) is -2.16. The molecule has 10 N–H and O–H groups in total. The minimum atomic E-state index is -5.24. The van der Waals surface area contributed by atoms with E-state index in [2.05, 4.69) is 29.9 Å². The van der Waals surface area contributed by atoms with Crippen molar-refractivity contribution >= 4 is 58.4 Å². The van der Waals surface area contributed by atoms with Gasteiger partial charge in [0.1, 0.15) is 49.0 Å². The van der Waals surface area contributed by atoms with E-state index in [-0.39, 0.29) is 34.1 Å². The Labute approximate surface area is 266 Å². The van der Waals surface area contributed by atoms with Gasteiger partial charge in [-0.15, -0.1) is 18.8 Å². The summed E-state index contributed by atoms with van der Waals surface area (Å²) in [6, 6.07) is 0. The second-order valence-electron chi connectivity index (χ2n) is 10.1. The van der Waals surface area contributed by atoms with Gasteiger partial charge in [0.2, 0.25) is 5.95 Å². The number of aliphatic hydroxyl groups excluding tert-OH is 2. The third-order valence-corrected chi connectivity index (χ3v) is 9.00. The number of nitrogens with zero attached hydrogens (tertiary/aromatic N) is 7. The number of anilines is 2. The lowest BCUT2D eigenvalue weighted by Crippen LogP contribution is -2.37. The number of nitrogens with one attached hydrogen (secondary N) is 1. The first kappa shape index (κ1) is 34.4. The Morgan fingerprint density at radius 2 is 1.54 bits per heavy atom. The number of ether oxygens (including phenoxy) is 2. The van der Waals surface area contributed by atoms with Gasteiger partial charge in [-0.05, 0) is 0 Å². The summed E-state index contributed by atoms with van der Waals surface area (Å²) in [6.45, 7) is -1.62. The molecular weight excluding hydrogens is 713 g/mol. The number of nitrogens with two attached hydrogens (primary N) is 2. The number of aromatic nitrogens is 8.